The first-order chi connectivity index (χ1) is 21.2. The highest BCUT2D eigenvalue weighted by Crippen LogP contribution is 2.38. The van der Waals surface area contributed by atoms with Crippen LogP contribution in [0.5, 0.6) is 0 Å². The number of nitrogens with zero attached hydrogens (tertiary/aromatic N) is 3. The molecule has 7 aromatic rings. The average Bonchev–Trinajstić information content (AvgIpc) is 3.09. The number of benzene rings is 6. The smallest absolute Gasteiger partial charge is 0.164 e. The summed E-state index contributed by atoms with van der Waals surface area (Å²) in [6.45, 7) is 0. The Bertz CT molecular complexity index is 1970. The summed E-state index contributed by atoms with van der Waals surface area (Å²) < 4.78 is 0. The lowest BCUT2D eigenvalue weighted by Crippen LogP contribution is -2.00. The molecule has 0 saturated carbocycles. The Morgan fingerprint density at radius 3 is 1.28 bits per heavy atom. The monoisotopic (exact) mass is 571 g/mol. The van der Waals surface area contributed by atoms with Crippen molar-refractivity contribution in [3.05, 3.63) is 163 Å². The van der Waals surface area contributed by atoms with E-state index in [0.29, 0.717) is 22.5 Å². The van der Waals surface area contributed by atoms with Gasteiger partial charge in [-0.05, 0) is 63.7 Å². The van der Waals surface area contributed by atoms with Gasteiger partial charge >= 0.3 is 0 Å². The largest absolute Gasteiger partial charge is 0.208 e. The van der Waals surface area contributed by atoms with Crippen molar-refractivity contribution in [1.29, 1.82) is 0 Å². The van der Waals surface area contributed by atoms with Crippen LogP contribution in [-0.4, -0.2) is 15.0 Å². The summed E-state index contributed by atoms with van der Waals surface area (Å²) in [6.07, 6.45) is 0. The van der Waals surface area contributed by atoms with Gasteiger partial charge in [-0.15, -0.1) is 0 Å². The fourth-order valence-electron chi connectivity index (χ4n) is 5.29. The number of hydrogen-bond acceptors (Lipinski definition) is 3. The molecule has 204 valence electrons. The normalized spacial score (nSPS) is 10.9. The highest BCUT2D eigenvalue weighted by molar-refractivity contribution is 6.30. The molecule has 0 aliphatic rings. The Balaban J connectivity index is 1.48. The molecule has 0 atom stereocenters. The second-order valence-corrected chi connectivity index (χ2v) is 10.7. The molecule has 0 aliphatic heterocycles. The fraction of sp³-hybridized carbons (Fsp3) is 0. The molecule has 1 heterocycles. The zero-order chi connectivity index (χ0) is 29.0. The molecule has 4 heteroatoms. The molecule has 43 heavy (non-hydrogen) atoms. The summed E-state index contributed by atoms with van der Waals surface area (Å²) in [5, 5.41) is 0.687. The zero-order valence-electron chi connectivity index (χ0n) is 23.2. The molecule has 0 fully saturated rings. The fourth-order valence-corrected chi connectivity index (χ4v) is 5.48. The highest BCUT2D eigenvalue weighted by Gasteiger charge is 2.16. The summed E-state index contributed by atoms with van der Waals surface area (Å²) in [5.41, 5.74) is 9.32. The third-order valence-electron chi connectivity index (χ3n) is 7.37. The third kappa shape index (κ3) is 5.72. The van der Waals surface area contributed by atoms with Crippen LogP contribution in [0.3, 0.4) is 0 Å². The van der Waals surface area contributed by atoms with E-state index in [1.807, 2.05) is 84.9 Å². The first-order valence-electron chi connectivity index (χ1n) is 14.1. The van der Waals surface area contributed by atoms with Gasteiger partial charge in [-0.25, -0.2) is 15.0 Å². The van der Waals surface area contributed by atoms with Crippen LogP contribution in [0, 0.1) is 0 Å². The summed E-state index contributed by atoms with van der Waals surface area (Å²) >= 11 is 6.46. The molecule has 0 aliphatic carbocycles. The van der Waals surface area contributed by atoms with Gasteiger partial charge in [-0.1, -0.05) is 139 Å². The molecule has 0 bridgehead atoms. The summed E-state index contributed by atoms with van der Waals surface area (Å²) in [4.78, 5) is 14.9. The van der Waals surface area contributed by atoms with Crippen LogP contribution in [0.4, 0.5) is 0 Å². The Morgan fingerprint density at radius 1 is 0.302 bits per heavy atom. The van der Waals surface area contributed by atoms with Crippen LogP contribution < -0.4 is 0 Å². The predicted octanol–water partition coefficient (Wildman–Crippen LogP) is 10.5. The number of halogens is 1. The van der Waals surface area contributed by atoms with Crippen molar-refractivity contribution in [3.8, 4) is 67.5 Å². The van der Waals surface area contributed by atoms with E-state index in [4.69, 9.17) is 26.6 Å². The van der Waals surface area contributed by atoms with Crippen LogP contribution >= 0.6 is 11.6 Å². The third-order valence-corrected chi connectivity index (χ3v) is 7.61. The van der Waals surface area contributed by atoms with E-state index >= 15 is 0 Å². The lowest BCUT2D eigenvalue weighted by molar-refractivity contribution is 1.07. The molecule has 3 nitrogen and oxygen atoms in total. The Morgan fingerprint density at radius 2 is 0.721 bits per heavy atom. The minimum Gasteiger partial charge on any atom is -0.208 e. The molecule has 0 saturated heterocycles. The van der Waals surface area contributed by atoms with Gasteiger partial charge in [-0.2, -0.15) is 0 Å². The quantitative estimate of drug-likeness (QED) is 0.199. The predicted molar refractivity (Wildman–Crippen MR) is 177 cm³/mol. The molecular formula is C39H26ClN3. The molecule has 7 rings (SSSR count). The van der Waals surface area contributed by atoms with E-state index in [2.05, 4.69) is 72.8 Å². The van der Waals surface area contributed by atoms with Crippen molar-refractivity contribution < 1.29 is 0 Å². The molecule has 1 aromatic heterocycles. The first kappa shape index (κ1) is 26.5. The second-order valence-electron chi connectivity index (χ2n) is 10.3. The van der Waals surface area contributed by atoms with Gasteiger partial charge in [0.05, 0.1) is 0 Å². The van der Waals surface area contributed by atoms with Gasteiger partial charge in [0.25, 0.3) is 0 Å². The number of aromatic nitrogens is 3. The summed E-state index contributed by atoms with van der Waals surface area (Å²) in [6, 6.07) is 53.5. The molecule has 0 N–H and O–H groups in total. The molecule has 0 spiro atoms. The second kappa shape index (κ2) is 11.8. The van der Waals surface area contributed by atoms with E-state index in [9.17, 15) is 0 Å². The van der Waals surface area contributed by atoms with Gasteiger partial charge in [0.2, 0.25) is 0 Å². The van der Waals surface area contributed by atoms with Crippen LogP contribution in [0.15, 0.2) is 158 Å². The zero-order valence-corrected chi connectivity index (χ0v) is 24.0. The van der Waals surface area contributed by atoms with Crippen molar-refractivity contribution in [1.82, 2.24) is 15.0 Å². The van der Waals surface area contributed by atoms with Crippen molar-refractivity contribution in [2.75, 3.05) is 0 Å². The lowest BCUT2D eigenvalue weighted by Gasteiger charge is -2.15. The Kier molecular flexibility index (Phi) is 7.31. The maximum absolute atomic E-state index is 6.46. The Labute approximate surface area is 256 Å². The van der Waals surface area contributed by atoms with Crippen LogP contribution in [0.1, 0.15) is 0 Å². The van der Waals surface area contributed by atoms with E-state index in [1.54, 1.807) is 0 Å². The van der Waals surface area contributed by atoms with Gasteiger partial charge in [-0.3, -0.25) is 0 Å². The topological polar surface area (TPSA) is 38.7 Å². The van der Waals surface area contributed by atoms with Gasteiger partial charge in [0, 0.05) is 21.7 Å². The van der Waals surface area contributed by atoms with Crippen LogP contribution in [-0.2, 0) is 0 Å². The standard InChI is InChI=1S/C39H26ClN3/c40-34-20-12-19-30(26-34)31-23-32(36-22-11-10-21-35(36)27-13-4-1-5-14-27)25-33(24-31)39-42-37(28-15-6-2-7-16-28)41-38(43-39)29-17-8-3-9-18-29/h1-26H. The van der Waals surface area contributed by atoms with Gasteiger partial charge in [0.15, 0.2) is 17.5 Å². The van der Waals surface area contributed by atoms with Crippen molar-refractivity contribution >= 4 is 11.6 Å². The van der Waals surface area contributed by atoms with E-state index in [-0.39, 0.29) is 0 Å². The molecule has 0 amide bonds. The van der Waals surface area contributed by atoms with Crippen LogP contribution in [0.2, 0.25) is 5.02 Å². The van der Waals surface area contributed by atoms with Crippen molar-refractivity contribution in [2.45, 2.75) is 0 Å². The SMILES string of the molecule is Clc1cccc(-c2cc(-c3nc(-c4ccccc4)nc(-c4ccccc4)n3)cc(-c3ccccc3-c3ccccc3)c2)c1. The summed E-state index contributed by atoms with van der Waals surface area (Å²) in [7, 11) is 0. The minimum atomic E-state index is 0.607. The molecule has 0 radical (unpaired) electrons. The van der Waals surface area contributed by atoms with Crippen molar-refractivity contribution in [2.24, 2.45) is 0 Å². The van der Waals surface area contributed by atoms with E-state index < -0.39 is 0 Å². The molecular weight excluding hydrogens is 546 g/mol. The molecule has 6 aromatic carbocycles. The minimum absolute atomic E-state index is 0.607. The van der Waals surface area contributed by atoms with E-state index in [0.717, 1.165) is 50.1 Å². The van der Waals surface area contributed by atoms with Gasteiger partial charge < -0.3 is 0 Å². The van der Waals surface area contributed by atoms with Gasteiger partial charge in [0.1, 0.15) is 0 Å². The molecule has 0 unspecified atom stereocenters. The number of rotatable bonds is 6. The average molecular weight is 572 g/mol. The Hall–Kier alpha value is -5.38. The summed E-state index contributed by atoms with van der Waals surface area (Å²) in [5.74, 6) is 1.86. The number of hydrogen-bond donors (Lipinski definition) is 0. The maximum Gasteiger partial charge on any atom is 0.164 e. The van der Waals surface area contributed by atoms with Crippen LogP contribution in [0.25, 0.3) is 67.5 Å². The van der Waals surface area contributed by atoms with Crippen molar-refractivity contribution in [3.63, 3.8) is 0 Å². The highest BCUT2D eigenvalue weighted by atomic mass is 35.5. The lowest BCUT2D eigenvalue weighted by atomic mass is 9.91. The van der Waals surface area contributed by atoms with E-state index in [1.165, 1.54) is 0 Å². The maximum atomic E-state index is 6.46. The first-order valence-corrected chi connectivity index (χ1v) is 14.5.